The van der Waals surface area contributed by atoms with Crippen molar-refractivity contribution in [2.24, 2.45) is 0 Å². The van der Waals surface area contributed by atoms with E-state index >= 15 is 0 Å². The van der Waals surface area contributed by atoms with Crippen LogP contribution < -0.4 is 5.32 Å². The number of carbonyl (C=O) groups is 1. The van der Waals surface area contributed by atoms with Gasteiger partial charge in [-0.2, -0.15) is 0 Å². The molecule has 0 saturated carbocycles. The molecule has 9 heteroatoms. The molecular formula is C18H22N4O4S. The lowest BCUT2D eigenvalue weighted by Gasteiger charge is -2.34. The number of thiazole rings is 1. The highest BCUT2D eigenvalue weighted by atomic mass is 32.1. The molecule has 27 heavy (non-hydrogen) atoms. The maximum atomic E-state index is 12.4. The van der Waals surface area contributed by atoms with Crippen molar-refractivity contribution in [3.63, 3.8) is 0 Å². The summed E-state index contributed by atoms with van der Waals surface area (Å²) in [6.45, 7) is 8.14. The van der Waals surface area contributed by atoms with Crippen LogP contribution in [-0.4, -0.2) is 46.0 Å². The third-order valence-corrected chi connectivity index (χ3v) is 5.12. The van der Waals surface area contributed by atoms with Crippen molar-refractivity contribution in [2.45, 2.75) is 39.5 Å². The molecule has 0 aliphatic carbocycles. The van der Waals surface area contributed by atoms with Gasteiger partial charge >= 0.3 is 0 Å². The Hall–Kier alpha value is -2.36. The number of amides is 1. The van der Waals surface area contributed by atoms with E-state index in [4.69, 9.17) is 4.74 Å². The highest BCUT2D eigenvalue weighted by Gasteiger charge is 2.23. The Morgan fingerprint density at radius 2 is 2.11 bits per heavy atom. The molecule has 1 N–H and O–H groups in total. The third kappa shape index (κ3) is 4.88. The number of nitro benzene ring substituents is 1. The minimum atomic E-state index is -0.461. The second-order valence-corrected chi connectivity index (χ2v) is 7.67. The first-order chi connectivity index (χ1) is 12.8. The molecule has 1 aromatic heterocycles. The summed E-state index contributed by atoms with van der Waals surface area (Å²) in [6.07, 6.45) is 0.383. The quantitative estimate of drug-likeness (QED) is 0.622. The van der Waals surface area contributed by atoms with Gasteiger partial charge in [0, 0.05) is 42.2 Å². The number of aryl methyl sites for hydroxylation is 1. The summed E-state index contributed by atoms with van der Waals surface area (Å²) in [5.41, 5.74) is 1.71. The Kier molecular flexibility index (Phi) is 5.83. The molecule has 144 valence electrons. The molecule has 0 bridgehead atoms. The zero-order valence-corrected chi connectivity index (χ0v) is 16.3. The van der Waals surface area contributed by atoms with Crippen LogP contribution in [0.1, 0.15) is 35.5 Å². The summed E-state index contributed by atoms with van der Waals surface area (Å²) in [6, 6.07) is 4.31. The first kappa shape index (κ1) is 19.4. The first-order valence-corrected chi connectivity index (χ1v) is 9.58. The molecule has 2 atom stereocenters. The standard InChI is InChI=1S/C18H22N4O4S/c1-11-6-14(4-5-16(11)22(24)25)17(23)20-18-19-15(10-27-18)9-21-7-12(2)26-13(3)8-21/h4-6,10,12-13H,7-9H2,1-3H3,(H,19,20,23). The number of hydrogen-bond donors (Lipinski definition) is 1. The van der Waals surface area contributed by atoms with Crippen molar-refractivity contribution in [1.82, 2.24) is 9.88 Å². The van der Waals surface area contributed by atoms with Gasteiger partial charge in [0.2, 0.25) is 0 Å². The van der Waals surface area contributed by atoms with E-state index in [1.54, 1.807) is 6.92 Å². The van der Waals surface area contributed by atoms with Crippen LogP contribution in [0.2, 0.25) is 0 Å². The molecule has 8 nitrogen and oxygen atoms in total. The molecule has 0 spiro atoms. The Bertz CT molecular complexity index is 844. The van der Waals surface area contributed by atoms with Gasteiger partial charge in [0.25, 0.3) is 11.6 Å². The number of carbonyl (C=O) groups excluding carboxylic acids is 1. The third-order valence-electron chi connectivity index (χ3n) is 4.31. The number of nitrogens with zero attached hydrogens (tertiary/aromatic N) is 3. The maximum Gasteiger partial charge on any atom is 0.272 e. The summed E-state index contributed by atoms with van der Waals surface area (Å²) in [4.78, 5) is 29.6. The number of ether oxygens (including phenoxy) is 1. The average Bonchev–Trinajstić information content (AvgIpc) is 3.00. The summed E-state index contributed by atoms with van der Waals surface area (Å²) < 4.78 is 5.74. The molecule has 2 heterocycles. The number of hydrogen-bond acceptors (Lipinski definition) is 7. The van der Waals surface area contributed by atoms with Crippen LogP contribution in [0, 0.1) is 17.0 Å². The van der Waals surface area contributed by atoms with Crippen molar-refractivity contribution < 1.29 is 14.5 Å². The summed E-state index contributed by atoms with van der Waals surface area (Å²) in [7, 11) is 0. The van der Waals surface area contributed by atoms with E-state index in [0.717, 1.165) is 18.8 Å². The van der Waals surface area contributed by atoms with Crippen LogP contribution >= 0.6 is 11.3 Å². The molecule has 1 aliphatic heterocycles. The zero-order valence-electron chi connectivity index (χ0n) is 15.5. The van der Waals surface area contributed by atoms with Gasteiger partial charge in [0.05, 0.1) is 22.8 Å². The van der Waals surface area contributed by atoms with Crippen LogP contribution in [-0.2, 0) is 11.3 Å². The molecule has 1 fully saturated rings. The monoisotopic (exact) mass is 390 g/mol. The Labute approximate surface area is 161 Å². The number of anilines is 1. The predicted molar refractivity (Wildman–Crippen MR) is 103 cm³/mol. The van der Waals surface area contributed by atoms with Gasteiger partial charge in [-0.3, -0.25) is 25.1 Å². The maximum absolute atomic E-state index is 12.4. The normalized spacial score (nSPS) is 20.4. The van der Waals surface area contributed by atoms with Crippen molar-refractivity contribution >= 4 is 28.1 Å². The highest BCUT2D eigenvalue weighted by molar-refractivity contribution is 7.13. The van der Waals surface area contributed by atoms with Crippen LogP contribution in [0.3, 0.4) is 0 Å². The van der Waals surface area contributed by atoms with E-state index < -0.39 is 4.92 Å². The number of rotatable bonds is 5. The van der Waals surface area contributed by atoms with Gasteiger partial charge < -0.3 is 4.74 Å². The van der Waals surface area contributed by atoms with Gasteiger partial charge in [-0.15, -0.1) is 11.3 Å². The highest BCUT2D eigenvalue weighted by Crippen LogP contribution is 2.22. The SMILES string of the molecule is Cc1cc(C(=O)Nc2nc(CN3CC(C)OC(C)C3)cs2)ccc1[N+](=O)[O-]. The van der Waals surface area contributed by atoms with Gasteiger partial charge in [-0.1, -0.05) is 0 Å². The van der Waals surface area contributed by atoms with E-state index in [0.29, 0.717) is 22.8 Å². The molecular weight excluding hydrogens is 368 g/mol. The molecule has 3 rings (SSSR count). The van der Waals surface area contributed by atoms with Crippen LogP contribution in [0.5, 0.6) is 0 Å². The second kappa shape index (κ2) is 8.12. The fraction of sp³-hybridized carbons (Fsp3) is 0.444. The summed E-state index contributed by atoms with van der Waals surface area (Å²) in [5.74, 6) is -0.331. The van der Waals surface area contributed by atoms with Gasteiger partial charge in [-0.05, 0) is 32.9 Å². The number of aromatic nitrogens is 1. The van der Waals surface area contributed by atoms with Crippen molar-refractivity contribution in [2.75, 3.05) is 18.4 Å². The van der Waals surface area contributed by atoms with E-state index in [1.807, 2.05) is 5.38 Å². The molecule has 1 aliphatic rings. The number of nitro groups is 1. The van der Waals surface area contributed by atoms with E-state index in [1.165, 1.54) is 29.5 Å². The largest absolute Gasteiger partial charge is 0.373 e. The van der Waals surface area contributed by atoms with Gasteiger partial charge in [0.15, 0.2) is 5.13 Å². The van der Waals surface area contributed by atoms with Crippen molar-refractivity contribution in [3.8, 4) is 0 Å². The second-order valence-electron chi connectivity index (χ2n) is 6.81. The first-order valence-electron chi connectivity index (χ1n) is 8.70. The molecule has 1 amide bonds. The number of benzene rings is 1. The van der Waals surface area contributed by atoms with Gasteiger partial charge in [-0.25, -0.2) is 4.98 Å². The minimum Gasteiger partial charge on any atom is -0.373 e. The Balaban J connectivity index is 1.62. The number of nitrogens with one attached hydrogen (secondary N) is 1. The lowest BCUT2D eigenvalue weighted by Crippen LogP contribution is -2.44. The molecule has 0 radical (unpaired) electrons. The molecule has 1 aromatic carbocycles. The topological polar surface area (TPSA) is 97.6 Å². The molecule has 1 saturated heterocycles. The molecule has 2 aromatic rings. The van der Waals surface area contributed by atoms with Gasteiger partial charge in [0.1, 0.15) is 0 Å². The fourth-order valence-electron chi connectivity index (χ4n) is 3.25. The molecule has 2 unspecified atom stereocenters. The van der Waals surface area contributed by atoms with Crippen molar-refractivity contribution in [3.05, 3.63) is 50.5 Å². The summed E-state index contributed by atoms with van der Waals surface area (Å²) in [5, 5.41) is 16.1. The fourth-order valence-corrected chi connectivity index (χ4v) is 3.95. The zero-order chi connectivity index (χ0) is 19.6. The van der Waals surface area contributed by atoms with E-state index in [-0.39, 0.29) is 23.8 Å². The van der Waals surface area contributed by atoms with E-state index in [9.17, 15) is 14.9 Å². The predicted octanol–water partition coefficient (Wildman–Crippen LogP) is 3.22. The van der Waals surface area contributed by atoms with Crippen LogP contribution in [0.4, 0.5) is 10.8 Å². The lowest BCUT2D eigenvalue weighted by molar-refractivity contribution is -0.385. The smallest absolute Gasteiger partial charge is 0.272 e. The van der Waals surface area contributed by atoms with Crippen LogP contribution in [0.15, 0.2) is 23.6 Å². The lowest BCUT2D eigenvalue weighted by atomic mass is 10.1. The number of morpholine rings is 1. The van der Waals surface area contributed by atoms with E-state index in [2.05, 4.69) is 29.0 Å². The summed E-state index contributed by atoms with van der Waals surface area (Å²) >= 11 is 1.37. The average molecular weight is 390 g/mol. The Morgan fingerprint density at radius 3 is 2.74 bits per heavy atom. The Morgan fingerprint density at radius 1 is 1.41 bits per heavy atom. The van der Waals surface area contributed by atoms with Crippen molar-refractivity contribution in [1.29, 1.82) is 0 Å². The van der Waals surface area contributed by atoms with Crippen LogP contribution in [0.25, 0.3) is 0 Å². The minimum absolute atomic E-state index is 0.00273.